The lowest BCUT2D eigenvalue weighted by Crippen LogP contribution is -2.48. The third kappa shape index (κ3) is 2.84. The molecule has 1 amide bonds. The number of carbonyl (C=O) groups is 1. The van der Waals surface area contributed by atoms with Crippen molar-refractivity contribution < 1.29 is 9.53 Å². The van der Waals surface area contributed by atoms with Crippen molar-refractivity contribution in [1.29, 1.82) is 0 Å². The minimum Gasteiger partial charge on any atom is -0.375 e. The number of amides is 1. The van der Waals surface area contributed by atoms with Crippen molar-refractivity contribution in [3.63, 3.8) is 0 Å². The van der Waals surface area contributed by atoms with Gasteiger partial charge in [0.1, 0.15) is 0 Å². The highest BCUT2D eigenvalue weighted by Crippen LogP contribution is 2.44. The summed E-state index contributed by atoms with van der Waals surface area (Å²) in [5.74, 6) is 0.357. The molecule has 1 saturated carbocycles. The normalized spacial score (nSPS) is 25.0. The molecule has 0 radical (unpaired) electrons. The zero-order valence-electron chi connectivity index (χ0n) is 11.4. The van der Waals surface area contributed by atoms with Crippen LogP contribution in [0.3, 0.4) is 0 Å². The van der Waals surface area contributed by atoms with E-state index in [4.69, 9.17) is 4.74 Å². The maximum atomic E-state index is 12.2. The number of nitrogens with one attached hydrogen (secondary N) is 1. The monoisotopic (exact) mass is 279 g/mol. The van der Waals surface area contributed by atoms with Gasteiger partial charge in [-0.15, -0.1) is 11.3 Å². The molecular weight excluding hydrogens is 258 g/mol. The highest BCUT2D eigenvalue weighted by Gasteiger charge is 2.44. The number of aryl methyl sites for hydroxylation is 1. The summed E-state index contributed by atoms with van der Waals surface area (Å²) < 4.78 is 5.87. The van der Waals surface area contributed by atoms with Gasteiger partial charge in [0.05, 0.1) is 12.1 Å². The van der Waals surface area contributed by atoms with E-state index in [-0.39, 0.29) is 17.4 Å². The number of hydrogen-bond acceptors (Lipinski definition) is 3. The van der Waals surface area contributed by atoms with Gasteiger partial charge in [0.25, 0.3) is 0 Å². The van der Waals surface area contributed by atoms with Crippen LogP contribution in [0, 0.1) is 12.8 Å². The predicted molar refractivity (Wildman–Crippen MR) is 76.2 cm³/mol. The summed E-state index contributed by atoms with van der Waals surface area (Å²) in [4.78, 5) is 13.5. The van der Waals surface area contributed by atoms with Crippen LogP contribution in [0.15, 0.2) is 11.4 Å². The van der Waals surface area contributed by atoms with Crippen molar-refractivity contribution in [2.24, 2.45) is 5.92 Å². The number of hydrogen-bond donors (Lipinski definition) is 1. The van der Waals surface area contributed by atoms with E-state index < -0.39 is 0 Å². The summed E-state index contributed by atoms with van der Waals surface area (Å²) in [6.45, 7) is 3.50. The van der Waals surface area contributed by atoms with E-state index in [0.717, 1.165) is 32.3 Å². The van der Waals surface area contributed by atoms with E-state index in [1.54, 1.807) is 11.3 Å². The number of thiophene rings is 1. The summed E-state index contributed by atoms with van der Waals surface area (Å²) in [6.07, 6.45) is 5.32. The van der Waals surface area contributed by atoms with Crippen LogP contribution in [0.2, 0.25) is 0 Å². The van der Waals surface area contributed by atoms with Crippen LogP contribution >= 0.6 is 11.3 Å². The predicted octanol–water partition coefficient (Wildman–Crippen LogP) is 3.02. The van der Waals surface area contributed by atoms with Gasteiger partial charge in [0.15, 0.2) is 0 Å². The summed E-state index contributed by atoms with van der Waals surface area (Å²) >= 11 is 1.71. The maximum absolute atomic E-state index is 12.2. The second-order valence-corrected chi connectivity index (χ2v) is 6.88. The molecule has 104 valence electrons. The molecule has 2 aliphatic rings. The fourth-order valence-electron chi connectivity index (χ4n) is 3.07. The Morgan fingerprint density at radius 3 is 3.05 bits per heavy atom. The minimum atomic E-state index is 0.0553. The first-order chi connectivity index (χ1) is 9.17. The van der Waals surface area contributed by atoms with Crippen LogP contribution in [-0.4, -0.2) is 18.1 Å². The van der Waals surface area contributed by atoms with Gasteiger partial charge in [-0.05, 0) is 56.0 Å². The molecule has 1 unspecified atom stereocenters. The molecule has 2 fully saturated rings. The average molecular weight is 279 g/mol. The lowest BCUT2D eigenvalue weighted by molar-refractivity contribution is -0.156. The fourth-order valence-corrected chi connectivity index (χ4v) is 3.89. The first-order valence-corrected chi connectivity index (χ1v) is 8.01. The molecule has 0 aromatic carbocycles. The Labute approximate surface area is 118 Å². The zero-order chi connectivity index (χ0) is 13.3. The quantitative estimate of drug-likeness (QED) is 0.923. The molecule has 3 nitrogen and oxygen atoms in total. The van der Waals surface area contributed by atoms with Crippen LogP contribution in [0.4, 0.5) is 0 Å². The van der Waals surface area contributed by atoms with Crippen molar-refractivity contribution in [3.05, 3.63) is 21.9 Å². The summed E-state index contributed by atoms with van der Waals surface area (Å²) in [5, 5.41) is 5.21. The third-order valence-electron chi connectivity index (χ3n) is 4.35. The highest BCUT2D eigenvalue weighted by atomic mass is 32.1. The fraction of sp³-hybridized carbons (Fsp3) is 0.667. The Kier molecular flexibility index (Phi) is 3.63. The molecule has 1 aromatic rings. The molecule has 1 aliphatic heterocycles. The highest BCUT2D eigenvalue weighted by molar-refractivity contribution is 7.10. The standard InChI is InChI=1S/C15H21NO2S/c1-11-7-13(19-10-11)9-16-14(17)12-3-6-18-15(8-12)4-2-5-15/h7,10,12H,2-6,8-9H2,1H3,(H,16,17). The van der Waals surface area contributed by atoms with Crippen molar-refractivity contribution in [1.82, 2.24) is 5.32 Å². The van der Waals surface area contributed by atoms with E-state index in [0.29, 0.717) is 6.54 Å². The summed E-state index contributed by atoms with van der Waals surface area (Å²) in [6, 6.07) is 2.14. The number of rotatable bonds is 3. The molecule has 2 heterocycles. The van der Waals surface area contributed by atoms with Gasteiger partial charge in [-0.3, -0.25) is 4.79 Å². The molecule has 1 atom stereocenters. The van der Waals surface area contributed by atoms with E-state index in [2.05, 4.69) is 23.7 Å². The smallest absolute Gasteiger partial charge is 0.223 e. The molecular formula is C15H21NO2S. The Morgan fingerprint density at radius 1 is 1.58 bits per heavy atom. The van der Waals surface area contributed by atoms with Crippen LogP contribution in [0.25, 0.3) is 0 Å². The average Bonchev–Trinajstić information content (AvgIpc) is 2.80. The van der Waals surface area contributed by atoms with E-state index in [1.807, 2.05) is 0 Å². The van der Waals surface area contributed by atoms with Gasteiger partial charge < -0.3 is 10.1 Å². The molecule has 1 N–H and O–H groups in total. The molecule has 1 saturated heterocycles. The maximum Gasteiger partial charge on any atom is 0.223 e. The molecule has 1 aromatic heterocycles. The van der Waals surface area contributed by atoms with Crippen LogP contribution in [-0.2, 0) is 16.1 Å². The second-order valence-electron chi connectivity index (χ2n) is 5.88. The lowest BCUT2D eigenvalue weighted by atomic mass is 9.72. The van der Waals surface area contributed by atoms with Gasteiger partial charge in [-0.1, -0.05) is 0 Å². The van der Waals surface area contributed by atoms with Crippen molar-refractivity contribution >= 4 is 17.2 Å². The van der Waals surface area contributed by atoms with Crippen molar-refractivity contribution in [3.8, 4) is 0 Å². The van der Waals surface area contributed by atoms with Gasteiger partial charge in [-0.25, -0.2) is 0 Å². The molecule has 1 spiro atoms. The molecule has 0 bridgehead atoms. The van der Waals surface area contributed by atoms with Gasteiger partial charge >= 0.3 is 0 Å². The van der Waals surface area contributed by atoms with Gasteiger partial charge in [-0.2, -0.15) is 0 Å². The van der Waals surface area contributed by atoms with E-state index in [1.165, 1.54) is 16.9 Å². The van der Waals surface area contributed by atoms with E-state index >= 15 is 0 Å². The number of carbonyl (C=O) groups excluding carboxylic acids is 1. The summed E-state index contributed by atoms with van der Waals surface area (Å²) in [7, 11) is 0. The lowest BCUT2D eigenvalue weighted by Gasteiger charge is -2.46. The topological polar surface area (TPSA) is 38.3 Å². The Morgan fingerprint density at radius 2 is 2.42 bits per heavy atom. The van der Waals surface area contributed by atoms with Gasteiger partial charge in [0, 0.05) is 17.4 Å². The summed E-state index contributed by atoms with van der Waals surface area (Å²) in [5.41, 5.74) is 1.33. The largest absolute Gasteiger partial charge is 0.375 e. The van der Waals surface area contributed by atoms with Crippen molar-refractivity contribution in [2.75, 3.05) is 6.61 Å². The Balaban J connectivity index is 1.52. The van der Waals surface area contributed by atoms with Crippen LogP contribution < -0.4 is 5.32 Å². The first-order valence-electron chi connectivity index (χ1n) is 7.13. The van der Waals surface area contributed by atoms with Gasteiger partial charge in [0.2, 0.25) is 5.91 Å². The Hall–Kier alpha value is -0.870. The first kappa shape index (κ1) is 13.1. The number of ether oxygens (including phenoxy) is 1. The molecule has 3 rings (SSSR count). The second kappa shape index (κ2) is 5.25. The van der Waals surface area contributed by atoms with E-state index in [9.17, 15) is 4.79 Å². The zero-order valence-corrected chi connectivity index (χ0v) is 12.2. The Bertz CT molecular complexity index is 464. The SMILES string of the molecule is Cc1csc(CNC(=O)C2CCOC3(CCC3)C2)c1. The van der Waals surface area contributed by atoms with Crippen LogP contribution in [0.5, 0.6) is 0 Å². The third-order valence-corrected chi connectivity index (χ3v) is 5.40. The molecule has 1 aliphatic carbocycles. The van der Waals surface area contributed by atoms with Crippen LogP contribution in [0.1, 0.15) is 42.5 Å². The molecule has 19 heavy (non-hydrogen) atoms. The minimum absolute atomic E-state index is 0.0553. The molecule has 4 heteroatoms. The van der Waals surface area contributed by atoms with Crippen molar-refractivity contribution in [2.45, 2.75) is 51.2 Å².